The molecule has 18 heavy (non-hydrogen) atoms. The van der Waals surface area contributed by atoms with Crippen molar-refractivity contribution in [3.8, 4) is 0 Å². The van der Waals surface area contributed by atoms with Gasteiger partial charge in [-0.05, 0) is 48.6 Å². The maximum absolute atomic E-state index is 11.0. The van der Waals surface area contributed by atoms with Gasteiger partial charge in [0, 0.05) is 13.1 Å². The molecule has 0 fully saturated rings. The van der Waals surface area contributed by atoms with Crippen molar-refractivity contribution in [3.05, 3.63) is 34.9 Å². The van der Waals surface area contributed by atoms with Crippen molar-refractivity contribution in [1.29, 1.82) is 0 Å². The lowest BCUT2D eigenvalue weighted by molar-refractivity contribution is 0.0696. The molecule has 0 unspecified atom stereocenters. The molecule has 1 aliphatic heterocycles. The summed E-state index contributed by atoms with van der Waals surface area (Å²) in [6.07, 6.45) is 2.24. The largest absolute Gasteiger partial charge is 0.478 e. The van der Waals surface area contributed by atoms with Gasteiger partial charge in [0.25, 0.3) is 0 Å². The lowest BCUT2D eigenvalue weighted by Crippen LogP contribution is -2.32. The fraction of sp³-hybridized carbons (Fsp3) is 0.533. The number of rotatable bonds is 4. The van der Waals surface area contributed by atoms with Crippen LogP contribution in [0.1, 0.15) is 41.8 Å². The Morgan fingerprint density at radius 2 is 2.17 bits per heavy atom. The summed E-state index contributed by atoms with van der Waals surface area (Å²) in [5, 5.41) is 9.01. The highest BCUT2D eigenvalue weighted by molar-refractivity contribution is 5.87. The monoisotopic (exact) mass is 247 g/mol. The molecule has 0 aliphatic carbocycles. The van der Waals surface area contributed by atoms with Gasteiger partial charge < -0.3 is 5.11 Å². The van der Waals surface area contributed by atoms with Crippen LogP contribution >= 0.6 is 0 Å². The quantitative estimate of drug-likeness (QED) is 0.889. The van der Waals surface area contributed by atoms with Crippen molar-refractivity contribution in [1.82, 2.24) is 4.90 Å². The van der Waals surface area contributed by atoms with Gasteiger partial charge in [-0.1, -0.05) is 19.9 Å². The highest BCUT2D eigenvalue weighted by Crippen LogP contribution is 2.21. The second kappa shape index (κ2) is 5.53. The average Bonchev–Trinajstić information content (AvgIpc) is 2.35. The van der Waals surface area contributed by atoms with Crippen LogP contribution in [0.15, 0.2) is 18.2 Å². The van der Waals surface area contributed by atoms with Gasteiger partial charge in [-0.3, -0.25) is 4.90 Å². The first-order chi connectivity index (χ1) is 8.56. The Hall–Kier alpha value is -1.35. The van der Waals surface area contributed by atoms with Gasteiger partial charge in [0.2, 0.25) is 0 Å². The molecule has 2 rings (SSSR count). The van der Waals surface area contributed by atoms with E-state index in [2.05, 4.69) is 18.7 Å². The molecule has 0 bridgehead atoms. The first-order valence-electron chi connectivity index (χ1n) is 6.63. The zero-order chi connectivity index (χ0) is 13.1. The Bertz CT molecular complexity index is 440. The van der Waals surface area contributed by atoms with Gasteiger partial charge in [0.15, 0.2) is 0 Å². The third-order valence-electron chi connectivity index (χ3n) is 3.57. The van der Waals surface area contributed by atoms with Crippen LogP contribution in [0, 0.1) is 5.92 Å². The SMILES string of the molecule is CC(C)CCN1CCc2ccc(C(=O)O)cc2C1. The topological polar surface area (TPSA) is 40.5 Å². The molecule has 0 amide bonds. The second-order valence-electron chi connectivity index (χ2n) is 5.50. The molecule has 0 aromatic heterocycles. The Morgan fingerprint density at radius 1 is 1.39 bits per heavy atom. The third-order valence-corrected chi connectivity index (χ3v) is 3.57. The Balaban J connectivity index is 2.07. The summed E-state index contributed by atoms with van der Waals surface area (Å²) < 4.78 is 0. The molecular formula is C15H21NO2. The smallest absolute Gasteiger partial charge is 0.335 e. The van der Waals surface area contributed by atoms with Crippen LogP contribution in [0.4, 0.5) is 0 Å². The van der Waals surface area contributed by atoms with Crippen molar-refractivity contribution < 1.29 is 9.90 Å². The predicted molar refractivity (Wildman–Crippen MR) is 71.8 cm³/mol. The van der Waals surface area contributed by atoms with E-state index in [0.717, 1.165) is 32.0 Å². The molecule has 1 heterocycles. The molecule has 1 aromatic carbocycles. The molecule has 0 saturated heterocycles. The van der Waals surface area contributed by atoms with Gasteiger partial charge in [0.05, 0.1) is 5.56 Å². The molecule has 1 aliphatic rings. The van der Waals surface area contributed by atoms with E-state index in [-0.39, 0.29) is 0 Å². The van der Waals surface area contributed by atoms with Crippen LogP contribution in [0.25, 0.3) is 0 Å². The van der Waals surface area contributed by atoms with Crippen LogP contribution in [0.5, 0.6) is 0 Å². The molecule has 3 nitrogen and oxygen atoms in total. The summed E-state index contributed by atoms with van der Waals surface area (Å²) >= 11 is 0. The number of benzene rings is 1. The number of carboxylic acid groups (broad SMARTS) is 1. The Labute approximate surface area is 108 Å². The fourth-order valence-electron chi connectivity index (χ4n) is 2.38. The predicted octanol–water partition coefficient (Wildman–Crippen LogP) is 2.79. The molecule has 0 spiro atoms. The lowest BCUT2D eigenvalue weighted by Gasteiger charge is -2.29. The number of hydrogen-bond donors (Lipinski definition) is 1. The van der Waals surface area contributed by atoms with Gasteiger partial charge in [-0.2, -0.15) is 0 Å². The average molecular weight is 247 g/mol. The van der Waals surface area contributed by atoms with Crippen LogP contribution in [0.3, 0.4) is 0 Å². The van der Waals surface area contributed by atoms with E-state index in [1.165, 1.54) is 17.5 Å². The summed E-state index contributed by atoms with van der Waals surface area (Å²) in [5.41, 5.74) is 2.89. The fourth-order valence-corrected chi connectivity index (χ4v) is 2.38. The highest BCUT2D eigenvalue weighted by atomic mass is 16.4. The van der Waals surface area contributed by atoms with Crippen LogP contribution in [-0.4, -0.2) is 29.1 Å². The van der Waals surface area contributed by atoms with Crippen LogP contribution in [-0.2, 0) is 13.0 Å². The summed E-state index contributed by atoms with van der Waals surface area (Å²) in [7, 11) is 0. The molecule has 98 valence electrons. The van der Waals surface area contributed by atoms with Crippen molar-refractivity contribution in [2.75, 3.05) is 13.1 Å². The second-order valence-corrected chi connectivity index (χ2v) is 5.50. The van der Waals surface area contributed by atoms with Gasteiger partial charge in [-0.15, -0.1) is 0 Å². The molecule has 0 radical (unpaired) electrons. The summed E-state index contributed by atoms with van der Waals surface area (Å²) in [5.74, 6) is -0.117. The van der Waals surface area contributed by atoms with E-state index in [0.29, 0.717) is 5.56 Å². The van der Waals surface area contributed by atoms with E-state index >= 15 is 0 Å². The lowest BCUT2D eigenvalue weighted by atomic mass is 9.97. The molecule has 0 saturated carbocycles. The van der Waals surface area contributed by atoms with Crippen LogP contribution in [0.2, 0.25) is 0 Å². The third kappa shape index (κ3) is 3.10. The number of nitrogens with zero attached hydrogens (tertiary/aromatic N) is 1. The molecule has 3 heteroatoms. The number of aromatic carboxylic acids is 1. The first kappa shape index (κ1) is 13.1. The van der Waals surface area contributed by atoms with Gasteiger partial charge in [-0.25, -0.2) is 4.79 Å². The minimum absolute atomic E-state index is 0.402. The van der Waals surface area contributed by atoms with E-state index in [1.54, 1.807) is 6.07 Å². The number of carboxylic acids is 1. The maximum Gasteiger partial charge on any atom is 0.335 e. The zero-order valence-corrected chi connectivity index (χ0v) is 11.1. The Kier molecular flexibility index (Phi) is 4.02. The van der Waals surface area contributed by atoms with Crippen molar-refractivity contribution in [2.45, 2.75) is 33.2 Å². The number of fused-ring (bicyclic) bond motifs is 1. The highest BCUT2D eigenvalue weighted by Gasteiger charge is 2.17. The molecular weight excluding hydrogens is 226 g/mol. The maximum atomic E-state index is 11.0. The van der Waals surface area contributed by atoms with E-state index in [4.69, 9.17) is 5.11 Å². The van der Waals surface area contributed by atoms with Crippen molar-refractivity contribution in [2.24, 2.45) is 5.92 Å². The summed E-state index contributed by atoms with van der Waals surface area (Å²) in [6.45, 7) is 7.56. The van der Waals surface area contributed by atoms with E-state index < -0.39 is 5.97 Å². The van der Waals surface area contributed by atoms with Crippen molar-refractivity contribution >= 4 is 5.97 Å². The normalized spacial score (nSPS) is 15.7. The minimum atomic E-state index is -0.836. The van der Waals surface area contributed by atoms with E-state index in [1.807, 2.05) is 12.1 Å². The van der Waals surface area contributed by atoms with Crippen molar-refractivity contribution in [3.63, 3.8) is 0 Å². The van der Waals surface area contributed by atoms with E-state index in [9.17, 15) is 4.79 Å². The molecule has 1 N–H and O–H groups in total. The number of hydrogen-bond acceptors (Lipinski definition) is 2. The summed E-state index contributed by atoms with van der Waals surface area (Å²) in [6, 6.07) is 5.52. The van der Waals surface area contributed by atoms with Gasteiger partial charge >= 0.3 is 5.97 Å². The van der Waals surface area contributed by atoms with Gasteiger partial charge in [0.1, 0.15) is 0 Å². The zero-order valence-electron chi connectivity index (χ0n) is 11.1. The number of carbonyl (C=O) groups is 1. The molecule has 0 atom stereocenters. The minimum Gasteiger partial charge on any atom is -0.478 e. The summed E-state index contributed by atoms with van der Waals surface area (Å²) in [4.78, 5) is 13.4. The standard InChI is InChI=1S/C15H21NO2/c1-11(2)5-7-16-8-6-12-3-4-13(15(17)18)9-14(12)10-16/h3-4,9,11H,5-8,10H2,1-2H3,(H,17,18). The van der Waals surface area contributed by atoms with Crippen LogP contribution < -0.4 is 0 Å². The molecule has 1 aromatic rings. The first-order valence-corrected chi connectivity index (χ1v) is 6.63. The Morgan fingerprint density at radius 3 is 2.83 bits per heavy atom.